The molecule has 114 valence electrons. The summed E-state index contributed by atoms with van der Waals surface area (Å²) in [6, 6.07) is 2.82. The normalized spacial score (nSPS) is 27.0. The van der Waals surface area contributed by atoms with Crippen LogP contribution in [0.2, 0.25) is 0 Å². The van der Waals surface area contributed by atoms with Crippen LogP contribution in [-0.4, -0.2) is 40.0 Å². The predicted octanol–water partition coefficient (Wildman–Crippen LogP) is -0.517. The smallest absolute Gasteiger partial charge is 0.261 e. The molecule has 1 fully saturated rings. The van der Waals surface area contributed by atoms with Gasteiger partial charge in [0.1, 0.15) is 6.23 Å². The molecule has 0 aromatic heterocycles. The lowest BCUT2D eigenvalue weighted by Crippen LogP contribution is -2.57. The molecule has 1 aromatic carbocycles. The fraction of sp³-hybridized carbons (Fsp3) is 0.400. The Bertz CT molecular complexity index is 672. The molecular formula is C15H15N3O4. The monoisotopic (exact) mass is 301 g/mol. The number of aliphatic hydroxyl groups is 1. The van der Waals surface area contributed by atoms with Crippen LogP contribution in [0.3, 0.4) is 0 Å². The molecule has 2 atom stereocenters. The Balaban J connectivity index is 1.71. The summed E-state index contributed by atoms with van der Waals surface area (Å²) in [7, 11) is 0. The topological polar surface area (TPSA) is 98.7 Å². The van der Waals surface area contributed by atoms with E-state index in [2.05, 4.69) is 10.6 Å². The third-order valence-electron chi connectivity index (χ3n) is 4.54. The number of carbonyl (C=O) groups is 3. The van der Waals surface area contributed by atoms with Gasteiger partial charge in [-0.1, -0.05) is 0 Å². The zero-order valence-electron chi connectivity index (χ0n) is 11.8. The second kappa shape index (κ2) is 4.62. The number of carbonyl (C=O) groups excluding carboxylic acids is 3. The van der Waals surface area contributed by atoms with Crippen LogP contribution < -0.4 is 10.6 Å². The first kappa shape index (κ1) is 13.4. The van der Waals surface area contributed by atoms with Crippen molar-refractivity contribution in [3.63, 3.8) is 0 Å². The van der Waals surface area contributed by atoms with Crippen LogP contribution >= 0.6 is 0 Å². The molecule has 4 rings (SSSR count). The van der Waals surface area contributed by atoms with E-state index >= 15 is 0 Å². The molecule has 1 saturated heterocycles. The molecule has 0 spiro atoms. The summed E-state index contributed by atoms with van der Waals surface area (Å²) in [5.74, 6) is -1.06. The van der Waals surface area contributed by atoms with Crippen molar-refractivity contribution >= 4 is 17.7 Å². The number of nitrogens with one attached hydrogen (secondary N) is 2. The van der Waals surface area contributed by atoms with Crippen LogP contribution in [0, 0.1) is 0 Å². The lowest BCUT2D eigenvalue weighted by molar-refractivity contribution is -0.129. The zero-order valence-corrected chi connectivity index (χ0v) is 11.8. The van der Waals surface area contributed by atoms with Gasteiger partial charge in [0.05, 0.1) is 17.2 Å². The molecule has 3 amide bonds. The highest BCUT2D eigenvalue weighted by Gasteiger charge is 2.44. The zero-order chi connectivity index (χ0) is 15.4. The maximum Gasteiger partial charge on any atom is 0.261 e. The fourth-order valence-electron chi connectivity index (χ4n) is 3.40. The van der Waals surface area contributed by atoms with Crippen molar-refractivity contribution < 1.29 is 19.5 Å². The summed E-state index contributed by atoms with van der Waals surface area (Å²) in [5.41, 5.74) is 2.83. The number of nitrogens with zero attached hydrogens (tertiary/aromatic N) is 1. The van der Waals surface area contributed by atoms with Crippen LogP contribution in [0.4, 0.5) is 0 Å². The number of hydrogen-bond donors (Lipinski definition) is 3. The van der Waals surface area contributed by atoms with E-state index in [1.165, 1.54) is 0 Å². The Labute approximate surface area is 126 Å². The quantitative estimate of drug-likeness (QED) is 0.606. The van der Waals surface area contributed by atoms with E-state index in [4.69, 9.17) is 0 Å². The van der Waals surface area contributed by atoms with E-state index in [9.17, 15) is 19.5 Å². The van der Waals surface area contributed by atoms with Crippen molar-refractivity contribution in [2.24, 2.45) is 0 Å². The number of amides is 3. The minimum Gasteiger partial charge on any atom is -0.372 e. The molecule has 0 aliphatic carbocycles. The summed E-state index contributed by atoms with van der Waals surface area (Å²) in [6.07, 6.45) is -0.744. The van der Waals surface area contributed by atoms with Crippen molar-refractivity contribution in [3.05, 3.63) is 34.4 Å². The van der Waals surface area contributed by atoms with Gasteiger partial charge in [0.15, 0.2) is 0 Å². The van der Waals surface area contributed by atoms with Crippen molar-refractivity contribution in [1.82, 2.24) is 15.5 Å². The van der Waals surface area contributed by atoms with Crippen molar-refractivity contribution in [3.8, 4) is 0 Å². The Kier molecular flexibility index (Phi) is 2.82. The van der Waals surface area contributed by atoms with Crippen molar-refractivity contribution in [2.75, 3.05) is 0 Å². The number of fused-ring (bicyclic) bond motifs is 2. The second-order valence-corrected chi connectivity index (χ2v) is 5.87. The molecule has 0 radical (unpaired) electrons. The van der Waals surface area contributed by atoms with Crippen molar-refractivity contribution in [2.45, 2.75) is 38.2 Å². The van der Waals surface area contributed by atoms with Crippen LogP contribution in [0.1, 0.15) is 44.7 Å². The molecule has 0 saturated carbocycles. The third-order valence-corrected chi connectivity index (χ3v) is 4.54. The predicted molar refractivity (Wildman–Crippen MR) is 74.7 cm³/mol. The van der Waals surface area contributed by atoms with Crippen molar-refractivity contribution in [1.29, 1.82) is 0 Å². The average Bonchev–Trinajstić information content (AvgIpc) is 3.03. The molecule has 7 heteroatoms. The average molecular weight is 301 g/mol. The molecular weight excluding hydrogens is 286 g/mol. The van der Waals surface area contributed by atoms with Gasteiger partial charge < -0.3 is 15.7 Å². The molecule has 3 aliphatic heterocycles. The Morgan fingerprint density at radius 2 is 1.64 bits per heavy atom. The van der Waals surface area contributed by atoms with E-state index in [0.29, 0.717) is 24.2 Å². The number of rotatable bonds is 1. The highest BCUT2D eigenvalue weighted by atomic mass is 16.3. The number of imide groups is 1. The SMILES string of the molecule is O=C1CCC(N2C(=O)c3cc4c(cc3C2=O)CNC4)C(O)N1. The summed E-state index contributed by atoms with van der Waals surface area (Å²) in [5, 5.41) is 15.6. The molecule has 0 bridgehead atoms. The van der Waals surface area contributed by atoms with E-state index in [0.717, 1.165) is 16.0 Å². The summed E-state index contributed by atoms with van der Waals surface area (Å²) < 4.78 is 0. The van der Waals surface area contributed by atoms with Gasteiger partial charge in [0, 0.05) is 19.5 Å². The number of aliphatic hydroxyl groups excluding tert-OH is 1. The molecule has 2 unspecified atom stereocenters. The summed E-state index contributed by atoms with van der Waals surface area (Å²) in [4.78, 5) is 37.6. The number of benzene rings is 1. The highest BCUT2D eigenvalue weighted by Crippen LogP contribution is 2.31. The lowest BCUT2D eigenvalue weighted by atomic mass is 10.0. The summed E-state index contributed by atoms with van der Waals surface area (Å²) >= 11 is 0. The van der Waals surface area contributed by atoms with Gasteiger partial charge in [0.2, 0.25) is 5.91 Å². The van der Waals surface area contributed by atoms with Crippen LogP contribution in [0.15, 0.2) is 12.1 Å². The van der Waals surface area contributed by atoms with Gasteiger partial charge >= 0.3 is 0 Å². The van der Waals surface area contributed by atoms with Crippen LogP contribution in [-0.2, 0) is 17.9 Å². The Morgan fingerprint density at radius 3 is 2.18 bits per heavy atom. The molecule has 22 heavy (non-hydrogen) atoms. The van der Waals surface area contributed by atoms with Gasteiger partial charge in [0.25, 0.3) is 11.8 Å². The Morgan fingerprint density at radius 1 is 1.05 bits per heavy atom. The summed E-state index contributed by atoms with van der Waals surface area (Å²) in [6.45, 7) is 1.37. The molecule has 7 nitrogen and oxygen atoms in total. The minimum atomic E-state index is -1.21. The van der Waals surface area contributed by atoms with Crippen LogP contribution in [0.25, 0.3) is 0 Å². The molecule has 3 aliphatic rings. The number of hydrogen-bond acceptors (Lipinski definition) is 5. The van der Waals surface area contributed by atoms with Gasteiger partial charge in [-0.25, -0.2) is 0 Å². The van der Waals surface area contributed by atoms with Gasteiger partial charge in [-0.2, -0.15) is 0 Å². The van der Waals surface area contributed by atoms with E-state index in [1.807, 2.05) is 0 Å². The minimum absolute atomic E-state index is 0.190. The maximum absolute atomic E-state index is 12.6. The van der Waals surface area contributed by atoms with Crippen LogP contribution in [0.5, 0.6) is 0 Å². The molecule has 1 aromatic rings. The van der Waals surface area contributed by atoms with E-state index < -0.39 is 24.1 Å². The standard InChI is InChI=1S/C15H15N3O4/c19-12-2-1-11(13(20)17-12)18-14(21)9-3-7-5-16-6-8(7)4-10(9)15(18)22/h3-4,11,13,16,20H,1-2,5-6H2,(H,17,19). The molecule has 3 heterocycles. The highest BCUT2D eigenvalue weighted by molar-refractivity contribution is 6.21. The third kappa shape index (κ3) is 1.79. The van der Waals surface area contributed by atoms with Gasteiger partial charge in [-0.3, -0.25) is 19.3 Å². The first-order valence-electron chi connectivity index (χ1n) is 7.28. The van der Waals surface area contributed by atoms with E-state index in [-0.39, 0.29) is 18.7 Å². The first-order valence-corrected chi connectivity index (χ1v) is 7.28. The van der Waals surface area contributed by atoms with Gasteiger partial charge in [-0.15, -0.1) is 0 Å². The largest absolute Gasteiger partial charge is 0.372 e. The number of piperidine rings is 1. The lowest BCUT2D eigenvalue weighted by Gasteiger charge is -2.33. The second-order valence-electron chi connectivity index (χ2n) is 5.87. The van der Waals surface area contributed by atoms with E-state index in [1.54, 1.807) is 12.1 Å². The maximum atomic E-state index is 12.6. The Hall–Kier alpha value is -2.25. The molecule has 3 N–H and O–H groups in total. The van der Waals surface area contributed by atoms with Gasteiger partial charge in [-0.05, 0) is 29.7 Å². The fourth-order valence-corrected chi connectivity index (χ4v) is 3.40. The first-order chi connectivity index (χ1) is 10.6.